The minimum Gasteiger partial charge on any atom is -0.507 e. The molecule has 1 fully saturated rings. The summed E-state index contributed by atoms with van der Waals surface area (Å²) in [5.74, 6) is 0.442. The fraction of sp³-hybridized carbons (Fsp3) is 0.478. The van der Waals surface area contributed by atoms with E-state index in [0.29, 0.717) is 11.8 Å². The van der Waals surface area contributed by atoms with Gasteiger partial charge in [-0.3, -0.25) is 9.80 Å². The van der Waals surface area contributed by atoms with Gasteiger partial charge < -0.3 is 5.11 Å². The maximum atomic E-state index is 10.0. The summed E-state index contributed by atoms with van der Waals surface area (Å²) in [4.78, 5) is 5.29. The van der Waals surface area contributed by atoms with E-state index in [-0.39, 0.29) is 0 Å². The summed E-state index contributed by atoms with van der Waals surface area (Å²) in [6.07, 6.45) is 3.77. The number of fused-ring (bicyclic) bond motifs is 1. The standard InChI is InChI=1S/C23H30N2O/c1-17-12-19(13-18(2)23(17)26)14-24-10-5-8-22(16-24)25-11-9-20-6-3-4-7-21(20)15-25/h3-4,6-7,12-13,22,26H,5,8-11,14-16H2,1-2H3. The minimum atomic E-state index is 0.442. The van der Waals surface area contributed by atoms with Crippen molar-refractivity contribution in [2.75, 3.05) is 19.6 Å². The maximum absolute atomic E-state index is 10.0. The first-order valence-corrected chi connectivity index (χ1v) is 9.92. The highest BCUT2D eigenvalue weighted by Crippen LogP contribution is 2.27. The van der Waals surface area contributed by atoms with Crippen molar-refractivity contribution in [3.05, 3.63) is 64.2 Å². The molecular formula is C23H30N2O. The molecule has 1 unspecified atom stereocenters. The van der Waals surface area contributed by atoms with Crippen molar-refractivity contribution in [2.24, 2.45) is 0 Å². The molecule has 3 heteroatoms. The van der Waals surface area contributed by atoms with Gasteiger partial charge in [0.15, 0.2) is 0 Å². The van der Waals surface area contributed by atoms with E-state index in [9.17, 15) is 5.11 Å². The molecule has 0 saturated carbocycles. The van der Waals surface area contributed by atoms with Crippen molar-refractivity contribution in [1.82, 2.24) is 9.80 Å². The van der Waals surface area contributed by atoms with Gasteiger partial charge in [-0.15, -0.1) is 0 Å². The summed E-state index contributed by atoms with van der Waals surface area (Å²) in [5, 5.41) is 10.0. The molecule has 2 aliphatic heterocycles. The molecule has 1 saturated heterocycles. The molecule has 0 aromatic heterocycles. The Labute approximate surface area is 157 Å². The van der Waals surface area contributed by atoms with Crippen LogP contribution in [-0.4, -0.2) is 40.6 Å². The van der Waals surface area contributed by atoms with Crippen molar-refractivity contribution < 1.29 is 5.11 Å². The summed E-state index contributed by atoms with van der Waals surface area (Å²) in [7, 11) is 0. The van der Waals surface area contributed by atoms with Gasteiger partial charge in [-0.2, -0.15) is 0 Å². The number of aryl methyl sites for hydroxylation is 2. The zero-order valence-electron chi connectivity index (χ0n) is 16.0. The molecule has 1 atom stereocenters. The first-order valence-electron chi connectivity index (χ1n) is 9.92. The average molecular weight is 351 g/mol. The molecule has 2 aromatic carbocycles. The van der Waals surface area contributed by atoms with E-state index in [0.717, 1.165) is 30.8 Å². The van der Waals surface area contributed by atoms with Gasteiger partial charge in [-0.25, -0.2) is 0 Å². The highest BCUT2D eigenvalue weighted by molar-refractivity contribution is 5.42. The van der Waals surface area contributed by atoms with Gasteiger partial charge in [-0.1, -0.05) is 36.4 Å². The average Bonchev–Trinajstić information content (AvgIpc) is 2.66. The molecule has 1 N–H and O–H groups in total. The lowest BCUT2D eigenvalue weighted by Gasteiger charge is -2.41. The topological polar surface area (TPSA) is 26.7 Å². The van der Waals surface area contributed by atoms with Crippen LogP contribution >= 0.6 is 0 Å². The van der Waals surface area contributed by atoms with E-state index in [1.165, 1.54) is 49.0 Å². The molecule has 0 spiro atoms. The van der Waals surface area contributed by atoms with Gasteiger partial charge in [0.1, 0.15) is 5.75 Å². The van der Waals surface area contributed by atoms with Gasteiger partial charge in [0, 0.05) is 32.2 Å². The van der Waals surface area contributed by atoms with Crippen LogP contribution in [-0.2, 0) is 19.5 Å². The molecule has 26 heavy (non-hydrogen) atoms. The molecular weight excluding hydrogens is 320 g/mol. The summed E-state index contributed by atoms with van der Waals surface area (Å²) < 4.78 is 0. The lowest BCUT2D eigenvalue weighted by Crippen LogP contribution is -2.49. The quantitative estimate of drug-likeness (QED) is 0.905. The van der Waals surface area contributed by atoms with Crippen LogP contribution in [0, 0.1) is 13.8 Å². The number of phenols is 1. The molecule has 138 valence electrons. The fourth-order valence-corrected chi connectivity index (χ4v) is 4.70. The monoisotopic (exact) mass is 350 g/mol. The van der Waals surface area contributed by atoms with Crippen LogP contribution in [0.25, 0.3) is 0 Å². The van der Waals surface area contributed by atoms with Gasteiger partial charge in [0.2, 0.25) is 0 Å². The van der Waals surface area contributed by atoms with E-state index < -0.39 is 0 Å². The Balaban J connectivity index is 1.42. The van der Waals surface area contributed by atoms with Crippen LogP contribution in [0.2, 0.25) is 0 Å². The first-order chi connectivity index (χ1) is 12.6. The maximum Gasteiger partial charge on any atom is 0.121 e. The highest BCUT2D eigenvalue weighted by Gasteiger charge is 2.27. The Bertz CT molecular complexity index is 763. The van der Waals surface area contributed by atoms with Gasteiger partial charge in [-0.05, 0) is 67.5 Å². The zero-order chi connectivity index (χ0) is 18.1. The summed E-state index contributed by atoms with van der Waals surface area (Å²) in [5.41, 5.74) is 6.34. The first kappa shape index (κ1) is 17.6. The summed E-state index contributed by atoms with van der Waals surface area (Å²) in [6, 6.07) is 13.9. The number of hydrogen-bond acceptors (Lipinski definition) is 3. The van der Waals surface area contributed by atoms with Crippen molar-refractivity contribution in [1.29, 1.82) is 0 Å². The largest absolute Gasteiger partial charge is 0.507 e. The van der Waals surface area contributed by atoms with Crippen LogP contribution in [0.3, 0.4) is 0 Å². The molecule has 0 radical (unpaired) electrons. The highest BCUT2D eigenvalue weighted by atomic mass is 16.3. The molecule has 0 aliphatic carbocycles. The normalized spacial score (nSPS) is 21.5. The number of rotatable bonds is 3. The Morgan fingerprint density at radius 3 is 2.54 bits per heavy atom. The molecule has 0 bridgehead atoms. The number of nitrogens with zero attached hydrogens (tertiary/aromatic N) is 2. The Kier molecular flexibility index (Phi) is 5.01. The number of piperidine rings is 1. The second-order valence-corrected chi connectivity index (χ2v) is 8.10. The SMILES string of the molecule is Cc1cc(CN2CCCC(N3CCc4ccccc4C3)C2)cc(C)c1O. The molecule has 0 amide bonds. The van der Waals surface area contributed by atoms with E-state index in [2.05, 4.69) is 46.2 Å². The smallest absolute Gasteiger partial charge is 0.121 e. The van der Waals surface area contributed by atoms with Crippen molar-refractivity contribution in [2.45, 2.75) is 52.2 Å². The third-order valence-corrected chi connectivity index (χ3v) is 6.11. The van der Waals surface area contributed by atoms with Crippen LogP contribution < -0.4 is 0 Å². The Morgan fingerprint density at radius 2 is 1.77 bits per heavy atom. The van der Waals surface area contributed by atoms with Crippen LogP contribution in [0.1, 0.15) is 40.7 Å². The summed E-state index contributed by atoms with van der Waals surface area (Å²) in [6.45, 7) is 9.61. The van der Waals surface area contributed by atoms with Crippen LogP contribution in [0.5, 0.6) is 5.75 Å². The Morgan fingerprint density at radius 1 is 1.04 bits per heavy atom. The Hall–Kier alpha value is -1.84. The van der Waals surface area contributed by atoms with E-state index in [1.807, 2.05) is 13.8 Å². The summed E-state index contributed by atoms with van der Waals surface area (Å²) >= 11 is 0. The number of hydrogen-bond donors (Lipinski definition) is 1. The number of benzene rings is 2. The van der Waals surface area contributed by atoms with E-state index in [1.54, 1.807) is 0 Å². The van der Waals surface area contributed by atoms with Crippen LogP contribution in [0.15, 0.2) is 36.4 Å². The van der Waals surface area contributed by atoms with Crippen molar-refractivity contribution >= 4 is 0 Å². The molecule has 3 nitrogen and oxygen atoms in total. The lowest BCUT2D eigenvalue weighted by molar-refractivity contribution is 0.0838. The number of likely N-dealkylation sites (tertiary alicyclic amines) is 1. The second-order valence-electron chi connectivity index (χ2n) is 8.10. The predicted molar refractivity (Wildman–Crippen MR) is 106 cm³/mol. The van der Waals surface area contributed by atoms with Gasteiger partial charge >= 0.3 is 0 Å². The second kappa shape index (κ2) is 7.42. The van der Waals surface area contributed by atoms with Gasteiger partial charge in [0.05, 0.1) is 0 Å². The number of phenolic OH excluding ortho intramolecular Hbond substituents is 1. The molecule has 2 aliphatic rings. The van der Waals surface area contributed by atoms with Crippen LogP contribution in [0.4, 0.5) is 0 Å². The predicted octanol–water partition coefficient (Wildman–Crippen LogP) is 4.03. The van der Waals surface area contributed by atoms with Crippen molar-refractivity contribution in [3.8, 4) is 5.75 Å². The third-order valence-electron chi connectivity index (χ3n) is 6.11. The molecule has 2 heterocycles. The molecule has 4 rings (SSSR count). The third kappa shape index (κ3) is 3.65. The van der Waals surface area contributed by atoms with Gasteiger partial charge in [0.25, 0.3) is 0 Å². The van der Waals surface area contributed by atoms with E-state index >= 15 is 0 Å². The zero-order valence-corrected chi connectivity index (χ0v) is 16.0. The van der Waals surface area contributed by atoms with Crippen molar-refractivity contribution in [3.63, 3.8) is 0 Å². The fourth-order valence-electron chi connectivity index (χ4n) is 4.70. The minimum absolute atomic E-state index is 0.442. The molecule has 2 aromatic rings. The lowest BCUT2D eigenvalue weighted by atomic mass is 9.95. The van der Waals surface area contributed by atoms with E-state index in [4.69, 9.17) is 0 Å². The number of aromatic hydroxyl groups is 1.